The van der Waals surface area contributed by atoms with E-state index in [2.05, 4.69) is 10.2 Å². The van der Waals surface area contributed by atoms with Crippen molar-refractivity contribution in [1.82, 2.24) is 14.8 Å². The number of rotatable bonds is 7. The fourth-order valence-corrected chi connectivity index (χ4v) is 2.42. The highest BCUT2D eigenvalue weighted by atomic mass is 32.2. The molecule has 1 aliphatic carbocycles. The van der Waals surface area contributed by atoms with Crippen molar-refractivity contribution in [3.8, 4) is 0 Å². The van der Waals surface area contributed by atoms with Gasteiger partial charge in [-0.05, 0) is 12.8 Å². The Morgan fingerprint density at radius 3 is 2.79 bits per heavy atom. The Bertz CT molecular complexity index is 464. The molecule has 0 radical (unpaired) electrons. The van der Waals surface area contributed by atoms with Crippen molar-refractivity contribution in [2.24, 2.45) is 0 Å². The largest absolute Gasteiger partial charge is 0.481 e. The maximum absolute atomic E-state index is 12.4. The fourth-order valence-electron chi connectivity index (χ4n) is 1.70. The molecule has 19 heavy (non-hydrogen) atoms. The molecular formula is C10H14F2N4O2S. The average molecular weight is 292 g/mol. The van der Waals surface area contributed by atoms with Gasteiger partial charge in [0, 0.05) is 13.1 Å². The van der Waals surface area contributed by atoms with Gasteiger partial charge in [-0.2, -0.15) is 0 Å². The number of thioether (sulfide) groups is 1. The van der Waals surface area contributed by atoms with Gasteiger partial charge in [-0.3, -0.25) is 9.36 Å². The van der Waals surface area contributed by atoms with Gasteiger partial charge in [0.15, 0.2) is 5.16 Å². The number of aromatic nitrogens is 3. The second kappa shape index (κ2) is 5.72. The highest BCUT2D eigenvalue weighted by molar-refractivity contribution is 7.99. The Kier molecular flexibility index (Phi) is 4.23. The van der Waals surface area contributed by atoms with Gasteiger partial charge in [0.1, 0.15) is 0 Å². The summed E-state index contributed by atoms with van der Waals surface area (Å²) in [5.41, 5.74) is 0. The van der Waals surface area contributed by atoms with E-state index in [0.717, 1.165) is 24.6 Å². The minimum atomic E-state index is -2.45. The molecule has 2 rings (SSSR count). The van der Waals surface area contributed by atoms with Crippen LogP contribution >= 0.6 is 11.8 Å². The lowest BCUT2D eigenvalue weighted by atomic mass is 10.5. The molecule has 0 atom stereocenters. The molecule has 106 valence electrons. The molecule has 1 aromatic rings. The molecule has 1 heterocycles. The van der Waals surface area contributed by atoms with Crippen LogP contribution in [0.3, 0.4) is 0 Å². The zero-order valence-corrected chi connectivity index (χ0v) is 11.1. The second-order valence-electron chi connectivity index (χ2n) is 4.34. The average Bonchev–Trinajstić information content (AvgIpc) is 3.05. The molecule has 0 unspecified atom stereocenters. The lowest BCUT2D eigenvalue weighted by Gasteiger charge is -2.18. The fraction of sp³-hybridized carbons (Fsp3) is 0.700. The first-order chi connectivity index (χ1) is 8.99. The van der Waals surface area contributed by atoms with Crippen LogP contribution in [0, 0.1) is 0 Å². The highest BCUT2D eigenvalue weighted by Crippen LogP contribution is 2.40. The summed E-state index contributed by atoms with van der Waals surface area (Å²) in [5.74, 6) is -0.697. The molecule has 0 bridgehead atoms. The number of carboxylic acid groups (broad SMARTS) is 1. The zero-order valence-electron chi connectivity index (χ0n) is 10.3. The van der Waals surface area contributed by atoms with Gasteiger partial charge in [0.05, 0.1) is 12.3 Å². The number of hydrogen-bond acceptors (Lipinski definition) is 5. The predicted molar refractivity (Wildman–Crippen MR) is 65.9 cm³/mol. The molecule has 1 aliphatic rings. The predicted octanol–water partition coefficient (Wildman–Crippen LogP) is 1.49. The molecule has 1 N–H and O–H groups in total. The number of alkyl halides is 2. The van der Waals surface area contributed by atoms with Crippen molar-refractivity contribution in [3.05, 3.63) is 0 Å². The van der Waals surface area contributed by atoms with Gasteiger partial charge in [0.25, 0.3) is 6.43 Å². The van der Waals surface area contributed by atoms with Crippen LogP contribution in [-0.4, -0.2) is 51.6 Å². The van der Waals surface area contributed by atoms with E-state index in [9.17, 15) is 13.6 Å². The van der Waals surface area contributed by atoms with E-state index in [1.54, 1.807) is 4.57 Å². The molecule has 6 nitrogen and oxygen atoms in total. The highest BCUT2D eigenvalue weighted by Gasteiger charge is 2.31. The van der Waals surface area contributed by atoms with E-state index >= 15 is 0 Å². The molecule has 1 fully saturated rings. The van der Waals surface area contributed by atoms with Crippen LogP contribution in [0.2, 0.25) is 0 Å². The van der Waals surface area contributed by atoms with Gasteiger partial charge in [-0.15, -0.1) is 10.2 Å². The Morgan fingerprint density at radius 2 is 2.26 bits per heavy atom. The first-order valence-electron chi connectivity index (χ1n) is 5.77. The Hall–Kier alpha value is -1.38. The standard InChI is InChI=1S/C10H14F2N4O2S/c1-15(4-7(11)12)9-13-14-10(19-5-8(17)18)16(9)6-2-3-6/h6-7H,2-5H2,1H3,(H,17,18). The van der Waals surface area contributed by atoms with Crippen molar-refractivity contribution in [2.75, 3.05) is 24.2 Å². The van der Waals surface area contributed by atoms with Crippen molar-refractivity contribution in [1.29, 1.82) is 0 Å². The zero-order chi connectivity index (χ0) is 14.0. The summed E-state index contributed by atoms with van der Waals surface area (Å²) in [6.45, 7) is -0.422. The first kappa shape index (κ1) is 14.0. The van der Waals surface area contributed by atoms with Gasteiger partial charge < -0.3 is 10.0 Å². The SMILES string of the molecule is CN(CC(F)F)c1nnc(SCC(=O)O)n1C1CC1. The summed E-state index contributed by atoms with van der Waals surface area (Å²) in [5, 5.41) is 16.9. The van der Waals surface area contributed by atoms with Crippen molar-refractivity contribution >= 4 is 23.7 Å². The molecule has 9 heteroatoms. The second-order valence-corrected chi connectivity index (χ2v) is 5.28. The Balaban J connectivity index is 2.16. The van der Waals surface area contributed by atoms with E-state index in [1.807, 2.05) is 0 Å². The van der Waals surface area contributed by atoms with Crippen LogP contribution in [0.1, 0.15) is 18.9 Å². The van der Waals surface area contributed by atoms with E-state index in [4.69, 9.17) is 5.11 Å². The van der Waals surface area contributed by atoms with Crippen LogP contribution in [-0.2, 0) is 4.79 Å². The third-order valence-corrected chi connectivity index (χ3v) is 3.56. The summed E-state index contributed by atoms with van der Waals surface area (Å²) < 4.78 is 26.6. The Labute approximate surface area is 112 Å². The van der Waals surface area contributed by atoms with Crippen molar-refractivity contribution < 1.29 is 18.7 Å². The van der Waals surface area contributed by atoms with Crippen LogP contribution in [0.4, 0.5) is 14.7 Å². The van der Waals surface area contributed by atoms with Crippen LogP contribution < -0.4 is 4.90 Å². The number of hydrogen-bond donors (Lipinski definition) is 1. The number of nitrogens with zero attached hydrogens (tertiary/aromatic N) is 4. The van der Waals surface area contributed by atoms with E-state index in [1.165, 1.54) is 11.9 Å². The number of carbonyl (C=O) groups is 1. The molecule has 1 aromatic heterocycles. The van der Waals surface area contributed by atoms with E-state index < -0.39 is 18.9 Å². The van der Waals surface area contributed by atoms with Gasteiger partial charge in [-0.1, -0.05) is 11.8 Å². The summed E-state index contributed by atoms with van der Waals surface area (Å²) in [6, 6.07) is 0.196. The summed E-state index contributed by atoms with van der Waals surface area (Å²) in [6.07, 6.45) is -0.577. The maximum atomic E-state index is 12.4. The van der Waals surface area contributed by atoms with Crippen LogP contribution in [0.15, 0.2) is 5.16 Å². The number of halogens is 2. The number of aliphatic carboxylic acids is 1. The minimum absolute atomic E-state index is 0.122. The van der Waals surface area contributed by atoms with E-state index in [-0.39, 0.29) is 11.8 Å². The molecule has 1 saturated carbocycles. The topological polar surface area (TPSA) is 71.2 Å². The molecule has 0 amide bonds. The maximum Gasteiger partial charge on any atom is 0.313 e. The number of carboxylic acids is 1. The summed E-state index contributed by atoms with van der Waals surface area (Å²) in [7, 11) is 1.53. The first-order valence-corrected chi connectivity index (χ1v) is 6.76. The molecule has 0 saturated heterocycles. The third kappa shape index (κ3) is 3.55. The van der Waals surface area contributed by atoms with Gasteiger partial charge >= 0.3 is 5.97 Å². The molecule has 0 aliphatic heterocycles. The summed E-state index contributed by atoms with van der Waals surface area (Å²) in [4.78, 5) is 11.9. The summed E-state index contributed by atoms with van der Waals surface area (Å²) >= 11 is 1.06. The lowest BCUT2D eigenvalue weighted by Crippen LogP contribution is -2.27. The third-order valence-electron chi connectivity index (χ3n) is 2.64. The van der Waals surface area contributed by atoms with Crippen molar-refractivity contribution in [2.45, 2.75) is 30.5 Å². The minimum Gasteiger partial charge on any atom is -0.481 e. The molecule has 0 aromatic carbocycles. The van der Waals surface area contributed by atoms with Crippen LogP contribution in [0.5, 0.6) is 0 Å². The smallest absolute Gasteiger partial charge is 0.313 e. The van der Waals surface area contributed by atoms with E-state index in [0.29, 0.717) is 11.1 Å². The van der Waals surface area contributed by atoms with Gasteiger partial charge in [-0.25, -0.2) is 8.78 Å². The van der Waals surface area contributed by atoms with Crippen molar-refractivity contribution in [3.63, 3.8) is 0 Å². The monoisotopic (exact) mass is 292 g/mol. The van der Waals surface area contributed by atoms with Crippen LogP contribution in [0.25, 0.3) is 0 Å². The number of anilines is 1. The molecular weight excluding hydrogens is 278 g/mol. The quantitative estimate of drug-likeness (QED) is 0.768. The lowest BCUT2D eigenvalue weighted by molar-refractivity contribution is -0.133. The molecule has 0 spiro atoms. The normalized spacial score (nSPS) is 14.9. The van der Waals surface area contributed by atoms with Gasteiger partial charge in [0.2, 0.25) is 5.95 Å². The Morgan fingerprint density at radius 1 is 1.58 bits per heavy atom.